The van der Waals surface area contributed by atoms with Crippen molar-refractivity contribution in [1.29, 1.82) is 0 Å². The first-order valence-corrected chi connectivity index (χ1v) is 8.27. The molecule has 1 N–H and O–H groups in total. The van der Waals surface area contributed by atoms with Crippen LogP contribution in [0.2, 0.25) is 0 Å². The molecule has 0 aromatic heterocycles. The van der Waals surface area contributed by atoms with Gasteiger partial charge in [-0.15, -0.1) is 0 Å². The van der Waals surface area contributed by atoms with Gasteiger partial charge in [-0.2, -0.15) is 0 Å². The second-order valence-electron chi connectivity index (χ2n) is 5.74. The Labute approximate surface area is 155 Å². The summed E-state index contributed by atoms with van der Waals surface area (Å²) >= 11 is 0. The van der Waals surface area contributed by atoms with Gasteiger partial charge in [0.25, 0.3) is 5.91 Å². The number of para-hydroxylation sites is 1. The number of hydrogen-bond donors (Lipinski definition) is 1. The Morgan fingerprint density at radius 3 is 2.41 bits per heavy atom. The zero-order chi connectivity index (χ0) is 19.2. The molecule has 0 heterocycles. The van der Waals surface area contributed by atoms with Crippen molar-refractivity contribution in [1.82, 2.24) is 0 Å². The van der Waals surface area contributed by atoms with Gasteiger partial charge in [0, 0.05) is 18.0 Å². The van der Waals surface area contributed by atoms with Crippen molar-refractivity contribution in [3.8, 4) is 5.75 Å². The molecule has 0 saturated heterocycles. The highest BCUT2D eigenvalue weighted by Crippen LogP contribution is 2.23. The van der Waals surface area contributed by atoms with E-state index in [0.29, 0.717) is 5.69 Å². The molecule has 0 atom stereocenters. The monoisotopic (exact) mass is 363 g/mol. The lowest BCUT2D eigenvalue weighted by molar-refractivity contribution is -0.132. The quantitative estimate of drug-likeness (QED) is 0.554. The SMILES string of the molecule is CC(=O)Oc1ccccc1C(=O)OCC(=O)Nc1cccc2ccccc12. The molecule has 6 heteroatoms. The predicted molar refractivity (Wildman–Crippen MR) is 101 cm³/mol. The maximum absolute atomic E-state index is 12.2. The summed E-state index contributed by atoms with van der Waals surface area (Å²) in [6, 6.07) is 19.4. The highest BCUT2D eigenvalue weighted by Gasteiger charge is 2.16. The highest BCUT2D eigenvalue weighted by atomic mass is 16.5. The summed E-state index contributed by atoms with van der Waals surface area (Å²) in [6.07, 6.45) is 0. The van der Waals surface area contributed by atoms with Crippen molar-refractivity contribution in [2.75, 3.05) is 11.9 Å². The Balaban J connectivity index is 1.66. The van der Waals surface area contributed by atoms with Crippen LogP contribution in [0, 0.1) is 0 Å². The summed E-state index contributed by atoms with van der Waals surface area (Å²) in [5.74, 6) is -1.68. The van der Waals surface area contributed by atoms with Crippen LogP contribution in [-0.4, -0.2) is 24.5 Å². The van der Waals surface area contributed by atoms with Gasteiger partial charge in [0.05, 0.1) is 0 Å². The first-order valence-electron chi connectivity index (χ1n) is 8.27. The minimum atomic E-state index is -0.750. The molecule has 0 spiro atoms. The van der Waals surface area contributed by atoms with Crippen molar-refractivity contribution in [3.63, 3.8) is 0 Å². The molecule has 27 heavy (non-hydrogen) atoms. The van der Waals surface area contributed by atoms with E-state index in [0.717, 1.165) is 10.8 Å². The van der Waals surface area contributed by atoms with Gasteiger partial charge in [0.15, 0.2) is 6.61 Å². The molecule has 0 unspecified atom stereocenters. The first-order chi connectivity index (χ1) is 13.0. The van der Waals surface area contributed by atoms with E-state index in [-0.39, 0.29) is 11.3 Å². The molecule has 0 fully saturated rings. The van der Waals surface area contributed by atoms with E-state index < -0.39 is 24.5 Å². The number of ether oxygens (including phenoxy) is 2. The topological polar surface area (TPSA) is 81.7 Å². The highest BCUT2D eigenvalue weighted by molar-refractivity contribution is 6.03. The molecule has 0 bridgehead atoms. The van der Waals surface area contributed by atoms with Crippen LogP contribution < -0.4 is 10.1 Å². The lowest BCUT2D eigenvalue weighted by atomic mass is 10.1. The minimum absolute atomic E-state index is 0.0747. The molecule has 3 aromatic carbocycles. The average Bonchev–Trinajstić information content (AvgIpc) is 2.66. The fourth-order valence-corrected chi connectivity index (χ4v) is 2.61. The van der Waals surface area contributed by atoms with E-state index in [2.05, 4.69) is 5.32 Å². The van der Waals surface area contributed by atoms with Crippen LogP contribution >= 0.6 is 0 Å². The lowest BCUT2D eigenvalue weighted by Gasteiger charge is -2.10. The zero-order valence-electron chi connectivity index (χ0n) is 14.6. The summed E-state index contributed by atoms with van der Waals surface area (Å²) < 4.78 is 10.0. The Kier molecular flexibility index (Phi) is 5.47. The maximum Gasteiger partial charge on any atom is 0.342 e. The van der Waals surface area contributed by atoms with Gasteiger partial charge in [-0.3, -0.25) is 9.59 Å². The standard InChI is InChI=1S/C21H17NO5/c1-14(23)27-19-12-5-4-10-17(19)21(25)26-13-20(24)22-18-11-6-8-15-7-2-3-9-16(15)18/h2-12H,13H2,1H3,(H,22,24). The Hall–Kier alpha value is -3.67. The van der Waals surface area contributed by atoms with Crippen LogP contribution in [0.4, 0.5) is 5.69 Å². The molecule has 0 aliphatic heterocycles. The molecule has 3 aromatic rings. The van der Waals surface area contributed by atoms with E-state index >= 15 is 0 Å². The second-order valence-corrected chi connectivity index (χ2v) is 5.74. The maximum atomic E-state index is 12.2. The Bertz CT molecular complexity index is 1010. The number of nitrogens with one attached hydrogen (secondary N) is 1. The van der Waals surface area contributed by atoms with Crippen LogP contribution in [-0.2, 0) is 14.3 Å². The van der Waals surface area contributed by atoms with Gasteiger partial charge < -0.3 is 14.8 Å². The van der Waals surface area contributed by atoms with Gasteiger partial charge >= 0.3 is 11.9 Å². The largest absolute Gasteiger partial charge is 0.452 e. The third-order valence-electron chi connectivity index (χ3n) is 3.76. The third-order valence-corrected chi connectivity index (χ3v) is 3.76. The molecule has 1 amide bonds. The number of anilines is 1. The van der Waals surface area contributed by atoms with E-state index in [1.165, 1.54) is 19.1 Å². The molecular formula is C21H17NO5. The van der Waals surface area contributed by atoms with E-state index in [4.69, 9.17) is 9.47 Å². The molecule has 0 saturated carbocycles. The molecule has 136 valence electrons. The normalized spacial score (nSPS) is 10.3. The number of carbonyl (C=O) groups excluding carboxylic acids is 3. The number of esters is 2. The summed E-state index contributed by atoms with van der Waals surface area (Å²) in [4.78, 5) is 35.5. The number of rotatable bonds is 5. The minimum Gasteiger partial charge on any atom is -0.452 e. The van der Waals surface area contributed by atoms with Crippen molar-refractivity contribution in [2.24, 2.45) is 0 Å². The Morgan fingerprint density at radius 1 is 0.889 bits per heavy atom. The van der Waals surface area contributed by atoms with Crippen LogP contribution in [0.25, 0.3) is 10.8 Å². The van der Waals surface area contributed by atoms with Crippen molar-refractivity contribution in [2.45, 2.75) is 6.92 Å². The zero-order valence-corrected chi connectivity index (χ0v) is 14.6. The number of fused-ring (bicyclic) bond motifs is 1. The van der Waals surface area contributed by atoms with Crippen LogP contribution in [0.15, 0.2) is 66.7 Å². The van der Waals surface area contributed by atoms with Crippen LogP contribution in [0.3, 0.4) is 0 Å². The van der Waals surface area contributed by atoms with Gasteiger partial charge in [-0.25, -0.2) is 4.79 Å². The van der Waals surface area contributed by atoms with Gasteiger partial charge in [0.1, 0.15) is 11.3 Å². The van der Waals surface area contributed by atoms with Crippen molar-refractivity contribution < 1.29 is 23.9 Å². The predicted octanol–water partition coefficient (Wildman–Crippen LogP) is 3.56. The summed E-state index contributed by atoms with van der Waals surface area (Å²) in [5.41, 5.74) is 0.708. The number of carbonyl (C=O) groups is 3. The van der Waals surface area contributed by atoms with Crippen LogP contribution in [0.5, 0.6) is 5.75 Å². The Morgan fingerprint density at radius 2 is 1.59 bits per heavy atom. The van der Waals surface area contributed by atoms with Gasteiger partial charge in [-0.1, -0.05) is 48.5 Å². The summed E-state index contributed by atoms with van der Waals surface area (Å²) in [7, 11) is 0. The molecule has 0 aliphatic rings. The fourth-order valence-electron chi connectivity index (χ4n) is 2.61. The van der Waals surface area contributed by atoms with Gasteiger partial charge in [0.2, 0.25) is 0 Å². The second kappa shape index (κ2) is 8.14. The number of hydrogen-bond acceptors (Lipinski definition) is 5. The molecule has 0 aliphatic carbocycles. The van der Waals surface area contributed by atoms with Crippen molar-refractivity contribution in [3.05, 3.63) is 72.3 Å². The molecule has 3 rings (SSSR count). The fraction of sp³-hybridized carbons (Fsp3) is 0.0952. The van der Waals surface area contributed by atoms with E-state index in [1.54, 1.807) is 18.2 Å². The van der Waals surface area contributed by atoms with Gasteiger partial charge in [-0.05, 0) is 23.6 Å². The molecule has 0 radical (unpaired) electrons. The number of benzene rings is 3. The summed E-state index contributed by atoms with van der Waals surface area (Å²) in [6.45, 7) is 0.774. The first kappa shape index (κ1) is 18.1. The molecular weight excluding hydrogens is 346 g/mol. The number of amides is 1. The van der Waals surface area contributed by atoms with Crippen LogP contribution in [0.1, 0.15) is 17.3 Å². The smallest absolute Gasteiger partial charge is 0.342 e. The summed E-state index contributed by atoms with van der Waals surface area (Å²) in [5, 5.41) is 4.61. The van der Waals surface area contributed by atoms with E-state index in [9.17, 15) is 14.4 Å². The molecule has 6 nitrogen and oxygen atoms in total. The van der Waals surface area contributed by atoms with E-state index in [1.807, 2.05) is 36.4 Å². The third kappa shape index (κ3) is 4.49. The van der Waals surface area contributed by atoms with Crippen molar-refractivity contribution >= 4 is 34.3 Å². The average molecular weight is 363 g/mol. The lowest BCUT2D eigenvalue weighted by Crippen LogP contribution is -2.21.